The van der Waals surface area contributed by atoms with E-state index in [1.165, 1.54) is 16.4 Å². The van der Waals surface area contributed by atoms with E-state index in [0.29, 0.717) is 19.4 Å². The van der Waals surface area contributed by atoms with E-state index in [4.69, 9.17) is 0 Å². The Morgan fingerprint density at radius 3 is 2.43 bits per heavy atom. The van der Waals surface area contributed by atoms with Gasteiger partial charge in [-0.25, -0.2) is 12.8 Å². The number of piperidine rings is 1. The molecule has 1 fully saturated rings. The lowest BCUT2D eigenvalue weighted by atomic mass is 9.98. The molecular formula is C21H25FN2O3S. The van der Waals surface area contributed by atoms with Gasteiger partial charge in [-0.1, -0.05) is 29.8 Å². The Kier molecular flexibility index (Phi) is 6.15. The zero-order valence-electron chi connectivity index (χ0n) is 16.1. The molecule has 0 saturated carbocycles. The minimum absolute atomic E-state index is 0.165. The smallest absolute Gasteiger partial charge is 0.243 e. The standard InChI is InChI=1S/C21H25FN2O3S/c1-15-5-11-20(12-6-15)28(26,27)24-13-3-4-18(14-24)21(25)23-16(2)17-7-9-19(22)10-8-17/h5-12,16,18H,3-4,13-14H2,1-2H3,(H,23,25)/t16-,18-/m0/s1. The van der Waals surface area contributed by atoms with E-state index in [1.807, 2.05) is 13.8 Å². The van der Waals surface area contributed by atoms with Crippen molar-refractivity contribution in [3.63, 3.8) is 0 Å². The molecule has 1 aliphatic rings. The molecular weight excluding hydrogens is 379 g/mol. The molecule has 0 aromatic heterocycles. The van der Waals surface area contributed by atoms with E-state index in [2.05, 4.69) is 5.32 Å². The average molecular weight is 405 g/mol. The minimum atomic E-state index is -3.62. The van der Waals surface area contributed by atoms with Gasteiger partial charge >= 0.3 is 0 Å². The summed E-state index contributed by atoms with van der Waals surface area (Å²) < 4.78 is 40.3. The van der Waals surface area contributed by atoms with Crippen molar-refractivity contribution in [1.82, 2.24) is 9.62 Å². The van der Waals surface area contributed by atoms with Crippen molar-refractivity contribution in [1.29, 1.82) is 0 Å². The van der Waals surface area contributed by atoms with Crippen molar-refractivity contribution < 1.29 is 17.6 Å². The lowest BCUT2D eigenvalue weighted by molar-refractivity contribution is -0.126. The summed E-state index contributed by atoms with van der Waals surface area (Å²) in [6, 6.07) is 12.4. The third kappa shape index (κ3) is 4.59. The maximum atomic E-state index is 13.1. The van der Waals surface area contributed by atoms with E-state index < -0.39 is 15.9 Å². The summed E-state index contributed by atoms with van der Waals surface area (Å²) in [6.45, 7) is 4.31. The summed E-state index contributed by atoms with van der Waals surface area (Å²) in [6.07, 6.45) is 1.27. The molecule has 0 bridgehead atoms. The molecule has 0 radical (unpaired) electrons. The van der Waals surface area contributed by atoms with E-state index in [9.17, 15) is 17.6 Å². The third-order valence-electron chi connectivity index (χ3n) is 5.14. The lowest BCUT2D eigenvalue weighted by Gasteiger charge is -2.32. The molecule has 1 aliphatic heterocycles. The Bertz CT molecular complexity index is 927. The van der Waals surface area contributed by atoms with Gasteiger partial charge in [0.05, 0.1) is 16.9 Å². The van der Waals surface area contributed by atoms with E-state index >= 15 is 0 Å². The van der Waals surface area contributed by atoms with Gasteiger partial charge in [-0.2, -0.15) is 4.31 Å². The molecule has 2 aromatic carbocycles. The Morgan fingerprint density at radius 1 is 1.14 bits per heavy atom. The van der Waals surface area contributed by atoms with Gasteiger partial charge in [-0.05, 0) is 56.5 Å². The van der Waals surface area contributed by atoms with Crippen LogP contribution < -0.4 is 5.32 Å². The number of aryl methyl sites for hydroxylation is 1. The first-order chi connectivity index (χ1) is 13.3. The summed E-state index contributed by atoms with van der Waals surface area (Å²) in [5, 5.41) is 2.92. The Morgan fingerprint density at radius 2 is 1.79 bits per heavy atom. The number of nitrogens with zero attached hydrogens (tertiary/aromatic N) is 1. The predicted octanol–water partition coefficient (Wildman–Crippen LogP) is 3.41. The summed E-state index contributed by atoms with van der Waals surface area (Å²) in [4.78, 5) is 12.9. The molecule has 1 heterocycles. The minimum Gasteiger partial charge on any atom is -0.349 e. The van der Waals surface area contributed by atoms with Crippen molar-refractivity contribution in [2.24, 2.45) is 5.92 Å². The summed E-state index contributed by atoms with van der Waals surface area (Å²) in [5.41, 5.74) is 1.79. The second-order valence-corrected chi connectivity index (χ2v) is 9.24. The van der Waals surface area contributed by atoms with Gasteiger partial charge in [0.25, 0.3) is 0 Å². The average Bonchev–Trinajstić information content (AvgIpc) is 2.69. The van der Waals surface area contributed by atoms with Gasteiger partial charge in [0.15, 0.2) is 0 Å². The Hall–Kier alpha value is -2.25. The monoisotopic (exact) mass is 404 g/mol. The van der Waals surface area contributed by atoms with Gasteiger partial charge in [0.2, 0.25) is 15.9 Å². The van der Waals surface area contributed by atoms with Crippen LogP contribution in [0.4, 0.5) is 4.39 Å². The molecule has 5 nitrogen and oxygen atoms in total. The SMILES string of the molecule is Cc1ccc(S(=O)(=O)N2CCC[C@H](C(=O)N[C@@H](C)c3ccc(F)cc3)C2)cc1. The number of sulfonamides is 1. The number of nitrogens with one attached hydrogen (secondary N) is 1. The van der Waals surface area contributed by atoms with E-state index in [-0.39, 0.29) is 29.2 Å². The number of rotatable bonds is 5. The van der Waals surface area contributed by atoms with Gasteiger partial charge in [0.1, 0.15) is 5.82 Å². The highest BCUT2D eigenvalue weighted by atomic mass is 32.2. The van der Waals surface area contributed by atoms with Crippen LogP contribution in [0.5, 0.6) is 0 Å². The second kappa shape index (κ2) is 8.41. The molecule has 1 saturated heterocycles. The first-order valence-corrected chi connectivity index (χ1v) is 10.8. The van der Waals surface area contributed by atoms with Crippen molar-refractivity contribution in [2.45, 2.75) is 37.6 Å². The van der Waals surface area contributed by atoms with Gasteiger partial charge < -0.3 is 5.32 Å². The van der Waals surface area contributed by atoms with Crippen LogP contribution in [0.1, 0.15) is 36.9 Å². The number of hydrogen-bond acceptors (Lipinski definition) is 3. The Labute approximate surface area is 165 Å². The van der Waals surface area contributed by atoms with Gasteiger partial charge in [0, 0.05) is 13.1 Å². The van der Waals surface area contributed by atoms with Crippen molar-refractivity contribution in [3.8, 4) is 0 Å². The highest BCUT2D eigenvalue weighted by Gasteiger charge is 2.33. The maximum absolute atomic E-state index is 13.1. The van der Waals surface area contributed by atoms with Crippen LogP contribution in [0.25, 0.3) is 0 Å². The van der Waals surface area contributed by atoms with Crippen LogP contribution in [0.2, 0.25) is 0 Å². The highest BCUT2D eigenvalue weighted by molar-refractivity contribution is 7.89. The predicted molar refractivity (Wildman–Crippen MR) is 106 cm³/mol. The second-order valence-electron chi connectivity index (χ2n) is 7.30. The Balaban J connectivity index is 1.67. The number of halogens is 1. The van der Waals surface area contributed by atoms with Crippen LogP contribution in [-0.2, 0) is 14.8 Å². The summed E-state index contributed by atoms with van der Waals surface area (Å²) in [7, 11) is -3.62. The van der Waals surface area contributed by atoms with Crippen LogP contribution in [-0.4, -0.2) is 31.7 Å². The molecule has 150 valence electrons. The molecule has 2 atom stereocenters. The fourth-order valence-corrected chi connectivity index (χ4v) is 4.92. The third-order valence-corrected chi connectivity index (χ3v) is 7.02. The van der Waals surface area contributed by atoms with Crippen LogP contribution >= 0.6 is 0 Å². The topological polar surface area (TPSA) is 66.5 Å². The van der Waals surface area contributed by atoms with Gasteiger partial charge in [-0.15, -0.1) is 0 Å². The summed E-state index contributed by atoms with van der Waals surface area (Å²) >= 11 is 0. The van der Waals surface area contributed by atoms with Crippen molar-refractivity contribution in [2.75, 3.05) is 13.1 Å². The molecule has 0 spiro atoms. The molecule has 0 aliphatic carbocycles. The van der Waals surface area contributed by atoms with Crippen molar-refractivity contribution >= 4 is 15.9 Å². The summed E-state index contributed by atoms with van der Waals surface area (Å²) in [5.74, 6) is -0.913. The number of carbonyl (C=O) groups excluding carboxylic acids is 1. The fraction of sp³-hybridized carbons (Fsp3) is 0.381. The first kappa shape index (κ1) is 20.5. The molecule has 0 unspecified atom stereocenters. The molecule has 1 N–H and O–H groups in total. The van der Waals surface area contributed by atoms with Crippen molar-refractivity contribution in [3.05, 3.63) is 65.5 Å². The molecule has 7 heteroatoms. The van der Waals surface area contributed by atoms with E-state index in [0.717, 1.165) is 11.1 Å². The first-order valence-electron chi connectivity index (χ1n) is 9.40. The lowest BCUT2D eigenvalue weighted by Crippen LogP contribution is -2.45. The molecule has 3 rings (SSSR count). The molecule has 1 amide bonds. The quantitative estimate of drug-likeness (QED) is 0.830. The fourth-order valence-electron chi connectivity index (χ4n) is 3.40. The van der Waals surface area contributed by atoms with E-state index in [1.54, 1.807) is 36.4 Å². The van der Waals surface area contributed by atoms with Crippen LogP contribution in [0.15, 0.2) is 53.4 Å². The molecule has 2 aromatic rings. The maximum Gasteiger partial charge on any atom is 0.243 e. The zero-order chi connectivity index (χ0) is 20.3. The number of hydrogen-bond donors (Lipinski definition) is 1. The van der Waals surface area contributed by atoms with Crippen LogP contribution in [0.3, 0.4) is 0 Å². The zero-order valence-corrected chi connectivity index (χ0v) is 16.9. The number of carbonyl (C=O) groups is 1. The highest BCUT2D eigenvalue weighted by Crippen LogP contribution is 2.25. The largest absolute Gasteiger partial charge is 0.349 e. The normalized spacial score (nSPS) is 19.2. The number of benzene rings is 2. The molecule has 28 heavy (non-hydrogen) atoms. The van der Waals surface area contributed by atoms with Gasteiger partial charge in [-0.3, -0.25) is 4.79 Å². The number of amides is 1. The van der Waals surface area contributed by atoms with Crippen LogP contribution in [0, 0.1) is 18.7 Å².